The van der Waals surface area contributed by atoms with Crippen LogP contribution in [0, 0.1) is 0 Å². The zero-order valence-electron chi connectivity index (χ0n) is 15.4. The minimum atomic E-state index is -3.56. The molecular weight excluding hydrogens is 384 g/mol. The molecular formula is C20H23ClN2O3S. The highest BCUT2D eigenvalue weighted by atomic mass is 35.5. The van der Waals surface area contributed by atoms with Gasteiger partial charge in [0, 0.05) is 24.8 Å². The molecule has 7 heteroatoms. The first kappa shape index (κ1) is 19.9. The Kier molecular flexibility index (Phi) is 5.60. The molecule has 0 radical (unpaired) electrons. The summed E-state index contributed by atoms with van der Waals surface area (Å²) in [6.45, 7) is 0. The second-order valence-corrected chi connectivity index (χ2v) is 9.65. The van der Waals surface area contributed by atoms with Crippen molar-refractivity contribution in [2.75, 3.05) is 19.4 Å². The highest BCUT2D eigenvalue weighted by molar-refractivity contribution is 7.89. The maximum atomic E-state index is 13.2. The molecule has 1 fully saturated rings. The number of halogens is 1. The van der Waals surface area contributed by atoms with Crippen molar-refractivity contribution in [1.82, 2.24) is 4.31 Å². The van der Waals surface area contributed by atoms with Crippen LogP contribution >= 0.6 is 11.6 Å². The zero-order valence-corrected chi connectivity index (χ0v) is 17.0. The van der Waals surface area contributed by atoms with E-state index in [1.807, 2.05) is 12.1 Å². The zero-order chi connectivity index (χ0) is 19.7. The Morgan fingerprint density at radius 2 is 1.70 bits per heavy atom. The second kappa shape index (κ2) is 7.62. The topological polar surface area (TPSA) is 66.5 Å². The SMILES string of the molecule is CN(C)S(=O)(=O)c1cccc(NC(=O)C2(c3ccc(Cl)cc3)CCCC2)c1. The molecule has 0 atom stereocenters. The Balaban J connectivity index is 1.91. The number of rotatable bonds is 5. The third-order valence-electron chi connectivity index (χ3n) is 5.16. The van der Waals surface area contributed by atoms with Gasteiger partial charge in [-0.3, -0.25) is 4.79 Å². The molecule has 1 saturated carbocycles. The number of nitrogens with one attached hydrogen (secondary N) is 1. The molecule has 144 valence electrons. The van der Waals surface area contributed by atoms with Crippen LogP contribution in [0.5, 0.6) is 0 Å². The number of amides is 1. The first-order valence-corrected chi connectivity index (χ1v) is 10.7. The average Bonchev–Trinajstić information content (AvgIpc) is 3.13. The van der Waals surface area contributed by atoms with Crippen molar-refractivity contribution in [2.45, 2.75) is 36.0 Å². The summed E-state index contributed by atoms with van der Waals surface area (Å²) in [5, 5.41) is 3.57. The smallest absolute Gasteiger partial charge is 0.242 e. The summed E-state index contributed by atoms with van der Waals surface area (Å²) in [7, 11) is -0.597. The van der Waals surface area contributed by atoms with E-state index in [0.717, 1.165) is 35.6 Å². The van der Waals surface area contributed by atoms with Gasteiger partial charge in [0.05, 0.1) is 10.3 Å². The maximum absolute atomic E-state index is 13.2. The monoisotopic (exact) mass is 406 g/mol. The van der Waals surface area contributed by atoms with Crippen LogP contribution in [0.2, 0.25) is 5.02 Å². The minimum Gasteiger partial charge on any atom is -0.325 e. The van der Waals surface area contributed by atoms with Crippen molar-refractivity contribution < 1.29 is 13.2 Å². The molecule has 0 spiro atoms. The molecule has 0 unspecified atom stereocenters. The van der Waals surface area contributed by atoms with Gasteiger partial charge in [-0.15, -0.1) is 0 Å². The van der Waals surface area contributed by atoms with Gasteiger partial charge in [-0.1, -0.05) is 42.6 Å². The second-order valence-electron chi connectivity index (χ2n) is 7.07. The first-order chi connectivity index (χ1) is 12.8. The van der Waals surface area contributed by atoms with E-state index in [1.54, 1.807) is 24.3 Å². The standard InChI is InChI=1S/C20H23ClN2O3S/c1-23(2)27(25,26)18-7-5-6-17(14-18)22-19(24)20(12-3-4-13-20)15-8-10-16(21)11-9-15/h5-11,14H,3-4,12-13H2,1-2H3,(H,22,24). The summed E-state index contributed by atoms with van der Waals surface area (Å²) in [4.78, 5) is 13.4. The molecule has 0 aliphatic heterocycles. The number of sulfonamides is 1. The number of carbonyl (C=O) groups is 1. The van der Waals surface area contributed by atoms with E-state index in [9.17, 15) is 13.2 Å². The van der Waals surface area contributed by atoms with E-state index in [2.05, 4.69) is 5.32 Å². The Morgan fingerprint density at radius 3 is 2.30 bits per heavy atom. The van der Waals surface area contributed by atoms with Gasteiger partial charge in [0.1, 0.15) is 0 Å². The Bertz CT molecular complexity index is 934. The van der Waals surface area contributed by atoms with Crippen LogP contribution in [-0.4, -0.2) is 32.7 Å². The summed E-state index contributed by atoms with van der Waals surface area (Å²) in [5.74, 6) is -0.110. The molecule has 1 aliphatic rings. The largest absolute Gasteiger partial charge is 0.325 e. The van der Waals surface area contributed by atoms with Gasteiger partial charge in [0.25, 0.3) is 0 Å². The predicted molar refractivity (Wildman–Crippen MR) is 108 cm³/mol. The van der Waals surface area contributed by atoms with Gasteiger partial charge >= 0.3 is 0 Å². The van der Waals surface area contributed by atoms with Crippen molar-refractivity contribution in [3.05, 3.63) is 59.1 Å². The van der Waals surface area contributed by atoms with Gasteiger partial charge < -0.3 is 5.32 Å². The molecule has 3 rings (SSSR count). The van der Waals surface area contributed by atoms with Crippen molar-refractivity contribution in [3.63, 3.8) is 0 Å². The predicted octanol–water partition coefficient (Wildman–Crippen LogP) is 4.04. The van der Waals surface area contributed by atoms with Crippen molar-refractivity contribution in [1.29, 1.82) is 0 Å². The third kappa shape index (κ3) is 3.88. The van der Waals surface area contributed by atoms with Gasteiger partial charge in [0.2, 0.25) is 15.9 Å². The number of anilines is 1. The Hall–Kier alpha value is -1.89. The van der Waals surface area contributed by atoms with Crippen LogP contribution in [0.25, 0.3) is 0 Å². The fourth-order valence-electron chi connectivity index (χ4n) is 3.59. The fraction of sp³-hybridized carbons (Fsp3) is 0.350. The van der Waals surface area contributed by atoms with E-state index in [-0.39, 0.29) is 10.8 Å². The molecule has 2 aromatic carbocycles. The lowest BCUT2D eigenvalue weighted by molar-refractivity contribution is -0.121. The Morgan fingerprint density at radius 1 is 1.07 bits per heavy atom. The van der Waals surface area contributed by atoms with Gasteiger partial charge in [0.15, 0.2) is 0 Å². The lowest BCUT2D eigenvalue weighted by Crippen LogP contribution is -2.38. The molecule has 0 bridgehead atoms. The van der Waals surface area contributed by atoms with Crippen molar-refractivity contribution in [2.24, 2.45) is 0 Å². The number of carbonyl (C=O) groups excluding carboxylic acids is 1. The van der Waals surface area contributed by atoms with Gasteiger partial charge in [-0.05, 0) is 48.7 Å². The van der Waals surface area contributed by atoms with Crippen LogP contribution in [0.3, 0.4) is 0 Å². The number of nitrogens with zero attached hydrogens (tertiary/aromatic N) is 1. The van der Waals surface area contributed by atoms with Gasteiger partial charge in [-0.25, -0.2) is 12.7 Å². The summed E-state index contributed by atoms with van der Waals surface area (Å²) < 4.78 is 25.8. The quantitative estimate of drug-likeness (QED) is 0.814. The van der Waals surface area contributed by atoms with Gasteiger partial charge in [-0.2, -0.15) is 0 Å². The van der Waals surface area contributed by atoms with E-state index < -0.39 is 15.4 Å². The first-order valence-electron chi connectivity index (χ1n) is 8.86. The number of hydrogen-bond acceptors (Lipinski definition) is 3. The van der Waals surface area contributed by atoms with Crippen LogP contribution in [0.15, 0.2) is 53.4 Å². The minimum absolute atomic E-state index is 0.110. The van der Waals surface area contributed by atoms with Crippen LogP contribution < -0.4 is 5.32 Å². The molecule has 0 saturated heterocycles. The molecule has 5 nitrogen and oxygen atoms in total. The lowest BCUT2D eigenvalue weighted by Gasteiger charge is -2.28. The van der Waals surface area contributed by atoms with Crippen molar-refractivity contribution in [3.8, 4) is 0 Å². The normalized spacial score (nSPS) is 16.4. The van der Waals surface area contributed by atoms with E-state index >= 15 is 0 Å². The van der Waals surface area contributed by atoms with E-state index in [1.165, 1.54) is 26.2 Å². The summed E-state index contributed by atoms with van der Waals surface area (Å²) in [6.07, 6.45) is 3.47. The van der Waals surface area contributed by atoms with E-state index in [4.69, 9.17) is 11.6 Å². The van der Waals surface area contributed by atoms with Crippen LogP contribution in [0.1, 0.15) is 31.2 Å². The third-order valence-corrected chi connectivity index (χ3v) is 7.22. The van der Waals surface area contributed by atoms with Crippen molar-refractivity contribution >= 4 is 33.2 Å². The number of benzene rings is 2. The highest BCUT2D eigenvalue weighted by Gasteiger charge is 2.42. The lowest BCUT2D eigenvalue weighted by atomic mass is 9.78. The summed E-state index contributed by atoms with van der Waals surface area (Å²) in [5.41, 5.74) is 0.809. The average molecular weight is 407 g/mol. The number of hydrogen-bond donors (Lipinski definition) is 1. The summed E-state index contributed by atoms with van der Waals surface area (Å²) in [6, 6.07) is 13.8. The molecule has 1 aliphatic carbocycles. The molecule has 1 amide bonds. The van der Waals surface area contributed by atoms with Crippen LogP contribution in [-0.2, 0) is 20.2 Å². The highest BCUT2D eigenvalue weighted by Crippen LogP contribution is 2.42. The van der Waals surface area contributed by atoms with Crippen LogP contribution in [0.4, 0.5) is 5.69 Å². The Labute approximate surface area is 165 Å². The molecule has 0 aromatic heterocycles. The molecule has 0 heterocycles. The van der Waals surface area contributed by atoms with E-state index in [0.29, 0.717) is 10.7 Å². The summed E-state index contributed by atoms with van der Waals surface area (Å²) >= 11 is 6.00. The molecule has 1 N–H and O–H groups in total. The fourth-order valence-corrected chi connectivity index (χ4v) is 4.66. The molecule has 2 aromatic rings. The molecule has 27 heavy (non-hydrogen) atoms. The maximum Gasteiger partial charge on any atom is 0.242 e.